The van der Waals surface area contributed by atoms with Gasteiger partial charge in [0.2, 0.25) is 5.91 Å². The maximum absolute atomic E-state index is 12.1. The number of imide groups is 1. The van der Waals surface area contributed by atoms with Crippen LogP contribution in [0.3, 0.4) is 0 Å². The van der Waals surface area contributed by atoms with Gasteiger partial charge in [-0.3, -0.25) is 25.0 Å². The summed E-state index contributed by atoms with van der Waals surface area (Å²) in [6, 6.07) is 14.7. The van der Waals surface area contributed by atoms with Gasteiger partial charge in [0.1, 0.15) is 11.6 Å². The summed E-state index contributed by atoms with van der Waals surface area (Å²) in [4.78, 5) is 34.3. The van der Waals surface area contributed by atoms with E-state index in [1.807, 2.05) is 6.07 Å². The summed E-state index contributed by atoms with van der Waals surface area (Å²) < 4.78 is 0. The Morgan fingerprint density at radius 3 is 2.56 bits per heavy atom. The molecule has 0 atom stereocenters. The highest BCUT2D eigenvalue weighted by Crippen LogP contribution is 2.22. The molecule has 8 nitrogen and oxygen atoms in total. The number of non-ortho nitro benzene ring substituents is 1. The van der Waals surface area contributed by atoms with E-state index in [-0.39, 0.29) is 17.7 Å². The number of benzene rings is 2. The monoisotopic (exact) mass is 364 g/mol. The molecule has 0 radical (unpaired) electrons. The van der Waals surface area contributed by atoms with Crippen LogP contribution in [-0.2, 0) is 16.0 Å². The lowest BCUT2D eigenvalue weighted by molar-refractivity contribution is -0.384. The molecule has 0 aliphatic heterocycles. The molecule has 2 aromatic carbocycles. The smallest absolute Gasteiger partial charge is 0.271 e. The van der Waals surface area contributed by atoms with Crippen LogP contribution in [0.15, 0.2) is 60.3 Å². The zero-order valence-corrected chi connectivity index (χ0v) is 14.4. The van der Waals surface area contributed by atoms with Gasteiger partial charge in [0.05, 0.1) is 11.3 Å². The first-order valence-electron chi connectivity index (χ1n) is 7.90. The molecule has 2 aromatic rings. The predicted octanol–water partition coefficient (Wildman–Crippen LogP) is 2.61. The van der Waals surface area contributed by atoms with Crippen molar-refractivity contribution in [3.05, 3.63) is 81.5 Å². The zero-order valence-electron chi connectivity index (χ0n) is 14.4. The first kappa shape index (κ1) is 19.3. The number of nitro groups is 1. The van der Waals surface area contributed by atoms with Gasteiger partial charge in [-0.25, -0.2) is 0 Å². The molecule has 27 heavy (non-hydrogen) atoms. The molecule has 0 aromatic heterocycles. The second-order valence-electron chi connectivity index (χ2n) is 5.61. The summed E-state index contributed by atoms with van der Waals surface area (Å²) in [5, 5.41) is 24.8. The van der Waals surface area contributed by atoms with Crippen LogP contribution >= 0.6 is 0 Å². The maximum atomic E-state index is 12.1. The van der Waals surface area contributed by atoms with Crippen LogP contribution in [0, 0.1) is 28.4 Å². The van der Waals surface area contributed by atoms with Crippen molar-refractivity contribution in [2.75, 3.05) is 5.32 Å². The molecular formula is C19H16N4O4. The molecule has 2 N–H and O–H groups in total. The normalized spacial score (nSPS) is 10.6. The topological polar surface area (TPSA) is 125 Å². The highest BCUT2D eigenvalue weighted by molar-refractivity contribution is 6.07. The van der Waals surface area contributed by atoms with Gasteiger partial charge < -0.3 is 5.32 Å². The third kappa shape index (κ3) is 5.51. The van der Waals surface area contributed by atoms with Crippen molar-refractivity contribution in [1.82, 2.24) is 5.32 Å². The highest BCUT2D eigenvalue weighted by atomic mass is 16.6. The van der Waals surface area contributed by atoms with Crippen molar-refractivity contribution < 1.29 is 14.5 Å². The quantitative estimate of drug-likeness (QED) is 0.351. The van der Waals surface area contributed by atoms with Gasteiger partial charge in [0.25, 0.3) is 11.6 Å². The van der Waals surface area contributed by atoms with E-state index in [1.165, 1.54) is 12.1 Å². The number of anilines is 1. The Hall–Kier alpha value is -3.99. The van der Waals surface area contributed by atoms with E-state index in [1.54, 1.807) is 43.3 Å². The average Bonchev–Trinajstić information content (AvgIpc) is 2.64. The lowest BCUT2D eigenvalue weighted by Gasteiger charge is -2.07. The Morgan fingerprint density at radius 1 is 1.22 bits per heavy atom. The second-order valence-corrected chi connectivity index (χ2v) is 5.61. The molecule has 2 rings (SSSR count). The fraction of sp³-hybridized carbons (Fsp3) is 0.105. The van der Waals surface area contributed by atoms with Crippen molar-refractivity contribution >= 4 is 23.2 Å². The average molecular weight is 364 g/mol. The minimum absolute atomic E-state index is 0.00268. The molecule has 0 aliphatic rings. The number of carbonyl (C=O) groups excluding carboxylic acids is 2. The van der Waals surface area contributed by atoms with Gasteiger partial charge in [-0.05, 0) is 18.1 Å². The molecule has 2 amide bonds. The Kier molecular flexibility index (Phi) is 6.39. The van der Waals surface area contributed by atoms with Crippen molar-refractivity contribution in [3.63, 3.8) is 0 Å². The summed E-state index contributed by atoms with van der Waals surface area (Å²) in [6.45, 7) is 1.72. The van der Waals surface area contributed by atoms with E-state index in [9.17, 15) is 19.7 Å². The van der Waals surface area contributed by atoms with Gasteiger partial charge in [0, 0.05) is 24.0 Å². The Balaban J connectivity index is 2.06. The van der Waals surface area contributed by atoms with Gasteiger partial charge in [-0.2, -0.15) is 5.26 Å². The lowest BCUT2D eigenvalue weighted by atomic mass is 10.1. The number of hydrogen-bond acceptors (Lipinski definition) is 6. The van der Waals surface area contributed by atoms with Crippen molar-refractivity contribution in [2.45, 2.75) is 13.3 Å². The largest absolute Gasteiger partial charge is 0.360 e. The van der Waals surface area contributed by atoms with Crippen molar-refractivity contribution in [2.24, 2.45) is 0 Å². The Labute approximate surface area is 155 Å². The van der Waals surface area contributed by atoms with Crippen molar-refractivity contribution in [1.29, 1.82) is 5.26 Å². The van der Waals surface area contributed by atoms with Gasteiger partial charge in [0.15, 0.2) is 0 Å². The lowest BCUT2D eigenvalue weighted by Crippen LogP contribution is -2.32. The number of nitrogens with zero attached hydrogens (tertiary/aromatic N) is 2. The minimum atomic E-state index is -0.853. The first-order chi connectivity index (χ1) is 12.9. The van der Waals surface area contributed by atoms with E-state index < -0.39 is 16.7 Å². The second kappa shape index (κ2) is 8.92. The number of nitrogens with one attached hydrogen (secondary N) is 2. The number of hydrogen-bond donors (Lipinski definition) is 2. The first-order valence-corrected chi connectivity index (χ1v) is 7.90. The zero-order chi connectivity index (χ0) is 19.8. The number of nitriles is 1. The molecule has 0 saturated carbocycles. The van der Waals surface area contributed by atoms with Crippen LogP contribution < -0.4 is 10.6 Å². The van der Waals surface area contributed by atoms with E-state index in [0.29, 0.717) is 11.3 Å². The number of amides is 2. The van der Waals surface area contributed by atoms with Crippen LogP contribution in [0.1, 0.15) is 11.1 Å². The van der Waals surface area contributed by atoms with Crippen LogP contribution in [0.25, 0.3) is 0 Å². The number of rotatable bonds is 6. The standard InChI is InChI=1S/C19H16N4O4/c1-13-7-8-16(23(26)27)10-17(13)21-12-15(11-20)19(25)22-18(24)9-14-5-3-2-4-6-14/h2-8,10,12,21H,9H2,1H3,(H,22,24,25)/b15-12-. The molecule has 0 aliphatic carbocycles. The number of nitro benzene ring substituents is 1. The van der Waals surface area contributed by atoms with Crippen molar-refractivity contribution in [3.8, 4) is 6.07 Å². The fourth-order valence-electron chi connectivity index (χ4n) is 2.20. The molecule has 0 spiro atoms. The van der Waals surface area contributed by atoms with Crippen LogP contribution in [0.4, 0.5) is 11.4 Å². The SMILES string of the molecule is Cc1ccc([N+](=O)[O-])cc1N/C=C(/C#N)C(=O)NC(=O)Cc1ccccc1. The van der Waals surface area contributed by atoms with Gasteiger partial charge in [-0.15, -0.1) is 0 Å². The maximum Gasteiger partial charge on any atom is 0.271 e. The molecular weight excluding hydrogens is 348 g/mol. The molecule has 0 bridgehead atoms. The summed E-state index contributed by atoms with van der Waals surface area (Å²) in [6.07, 6.45) is 1.11. The Bertz CT molecular complexity index is 946. The molecule has 8 heteroatoms. The molecule has 0 unspecified atom stereocenters. The number of carbonyl (C=O) groups is 2. The molecule has 136 valence electrons. The molecule has 0 fully saturated rings. The third-order valence-corrected chi connectivity index (χ3v) is 3.63. The highest BCUT2D eigenvalue weighted by Gasteiger charge is 2.14. The summed E-state index contributed by atoms with van der Waals surface area (Å²) in [5.41, 5.74) is 1.34. The Morgan fingerprint density at radius 2 is 1.93 bits per heavy atom. The van der Waals surface area contributed by atoms with Crippen LogP contribution in [0.2, 0.25) is 0 Å². The van der Waals surface area contributed by atoms with E-state index in [2.05, 4.69) is 10.6 Å². The minimum Gasteiger partial charge on any atom is -0.360 e. The van der Waals surface area contributed by atoms with E-state index in [0.717, 1.165) is 11.8 Å². The molecule has 0 saturated heterocycles. The summed E-state index contributed by atoms with van der Waals surface area (Å²) in [5.74, 6) is -1.40. The van der Waals surface area contributed by atoms with Crippen LogP contribution in [-0.4, -0.2) is 16.7 Å². The van der Waals surface area contributed by atoms with E-state index in [4.69, 9.17) is 5.26 Å². The van der Waals surface area contributed by atoms with E-state index >= 15 is 0 Å². The van der Waals surface area contributed by atoms with Crippen LogP contribution in [0.5, 0.6) is 0 Å². The fourth-order valence-corrected chi connectivity index (χ4v) is 2.20. The summed E-state index contributed by atoms with van der Waals surface area (Å²) in [7, 11) is 0. The molecule has 0 heterocycles. The van der Waals surface area contributed by atoms with Gasteiger partial charge >= 0.3 is 0 Å². The predicted molar refractivity (Wildman–Crippen MR) is 98.4 cm³/mol. The summed E-state index contributed by atoms with van der Waals surface area (Å²) >= 11 is 0. The van der Waals surface area contributed by atoms with Gasteiger partial charge in [-0.1, -0.05) is 36.4 Å². The number of aryl methyl sites for hydroxylation is 1. The third-order valence-electron chi connectivity index (χ3n) is 3.63.